The van der Waals surface area contributed by atoms with Gasteiger partial charge in [-0.2, -0.15) is 5.10 Å². The van der Waals surface area contributed by atoms with Crippen molar-refractivity contribution in [2.24, 2.45) is 7.05 Å². The van der Waals surface area contributed by atoms with Gasteiger partial charge in [0.15, 0.2) is 0 Å². The van der Waals surface area contributed by atoms with Crippen molar-refractivity contribution in [1.29, 1.82) is 0 Å². The van der Waals surface area contributed by atoms with E-state index in [9.17, 15) is 9.90 Å². The molecule has 0 spiro atoms. The highest BCUT2D eigenvalue weighted by Crippen LogP contribution is 2.10. The molecule has 6 nitrogen and oxygen atoms in total. The van der Waals surface area contributed by atoms with E-state index in [0.29, 0.717) is 18.8 Å². The van der Waals surface area contributed by atoms with E-state index in [-0.39, 0.29) is 11.9 Å². The second kappa shape index (κ2) is 4.23. The zero-order chi connectivity index (χ0) is 11.7. The standard InChI is InChI=1S/C10H16N4O2/c1-13-4-3-7(12-13)10(16)14(2)8-5-11-6-9(8)15/h3-4,8-9,11,15H,5-6H2,1-2H3/t8-,9-/m1/s1. The van der Waals surface area contributed by atoms with Crippen molar-refractivity contribution in [1.82, 2.24) is 20.0 Å². The van der Waals surface area contributed by atoms with Crippen LogP contribution in [0.1, 0.15) is 10.5 Å². The SMILES string of the molecule is CN(C(=O)c1ccn(C)n1)[C@@H]1CNC[C@H]1O. The normalized spacial score (nSPS) is 24.7. The third-order valence-corrected chi connectivity index (χ3v) is 2.90. The smallest absolute Gasteiger partial charge is 0.274 e. The molecule has 0 saturated carbocycles. The van der Waals surface area contributed by atoms with E-state index in [1.165, 1.54) is 0 Å². The number of hydrogen-bond donors (Lipinski definition) is 2. The van der Waals surface area contributed by atoms with Crippen LogP contribution < -0.4 is 5.32 Å². The van der Waals surface area contributed by atoms with Gasteiger partial charge in [-0.3, -0.25) is 9.48 Å². The van der Waals surface area contributed by atoms with Gasteiger partial charge in [0.25, 0.3) is 5.91 Å². The fraction of sp³-hybridized carbons (Fsp3) is 0.600. The lowest BCUT2D eigenvalue weighted by Gasteiger charge is -2.25. The van der Waals surface area contributed by atoms with Crippen LogP contribution in [0.5, 0.6) is 0 Å². The molecule has 1 aromatic rings. The van der Waals surface area contributed by atoms with Gasteiger partial charge in [0, 0.05) is 33.4 Å². The fourth-order valence-electron chi connectivity index (χ4n) is 1.91. The third-order valence-electron chi connectivity index (χ3n) is 2.90. The molecule has 0 radical (unpaired) electrons. The van der Waals surface area contributed by atoms with E-state index in [1.807, 2.05) is 0 Å². The van der Waals surface area contributed by atoms with Crippen LogP contribution >= 0.6 is 0 Å². The molecular weight excluding hydrogens is 208 g/mol. The van der Waals surface area contributed by atoms with Crippen LogP contribution in [0.2, 0.25) is 0 Å². The number of aryl methyl sites for hydroxylation is 1. The highest BCUT2D eigenvalue weighted by atomic mass is 16.3. The van der Waals surface area contributed by atoms with E-state index in [4.69, 9.17) is 0 Å². The number of aliphatic hydroxyl groups is 1. The molecule has 6 heteroatoms. The lowest BCUT2D eigenvalue weighted by Crippen LogP contribution is -2.44. The molecule has 0 aliphatic carbocycles. The van der Waals surface area contributed by atoms with Crippen LogP contribution in [0.15, 0.2) is 12.3 Å². The molecule has 16 heavy (non-hydrogen) atoms. The molecule has 2 heterocycles. The van der Waals surface area contributed by atoms with Gasteiger partial charge in [0.2, 0.25) is 0 Å². The first kappa shape index (κ1) is 11.1. The summed E-state index contributed by atoms with van der Waals surface area (Å²) in [4.78, 5) is 13.6. The van der Waals surface area contributed by atoms with E-state index in [0.717, 1.165) is 0 Å². The van der Waals surface area contributed by atoms with Crippen molar-refractivity contribution >= 4 is 5.91 Å². The van der Waals surface area contributed by atoms with E-state index in [1.54, 1.807) is 35.9 Å². The van der Waals surface area contributed by atoms with Crippen LogP contribution in [0.3, 0.4) is 0 Å². The molecule has 0 unspecified atom stereocenters. The van der Waals surface area contributed by atoms with Gasteiger partial charge in [0.05, 0.1) is 12.1 Å². The van der Waals surface area contributed by atoms with Crippen LogP contribution in [-0.2, 0) is 7.05 Å². The Morgan fingerprint density at radius 2 is 2.44 bits per heavy atom. The summed E-state index contributed by atoms with van der Waals surface area (Å²) in [5, 5.41) is 16.8. The Balaban J connectivity index is 2.10. The minimum absolute atomic E-state index is 0.159. The number of carbonyl (C=O) groups excluding carboxylic acids is 1. The molecule has 0 bridgehead atoms. The lowest BCUT2D eigenvalue weighted by molar-refractivity contribution is 0.0575. The number of nitrogens with one attached hydrogen (secondary N) is 1. The first-order chi connectivity index (χ1) is 7.59. The Kier molecular flexibility index (Phi) is 2.93. The molecule has 2 atom stereocenters. The third kappa shape index (κ3) is 1.94. The molecule has 88 valence electrons. The molecule has 1 saturated heterocycles. The maximum Gasteiger partial charge on any atom is 0.274 e. The monoisotopic (exact) mass is 224 g/mol. The number of likely N-dealkylation sites (N-methyl/N-ethyl adjacent to an activating group) is 1. The predicted octanol–water partition coefficient (Wildman–Crippen LogP) is -1.18. The average molecular weight is 224 g/mol. The van der Waals surface area contributed by atoms with Crippen molar-refractivity contribution in [3.05, 3.63) is 18.0 Å². The summed E-state index contributed by atoms with van der Waals surface area (Å²) >= 11 is 0. The molecule has 1 aromatic heterocycles. The van der Waals surface area contributed by atoms with E-state index >= 15 is 0 Å². The van der Waals surface area contributed by atoms with Crippen LogP contribution in [0.4, 0.5) is 0 Å². The van der Waals surface area contributed by atoms with Gasteiger partial charge in [-0.1, -0.05) is 0 Å². The quantitative estimate of drug-likeness (QED) is 0.664. The number of β-amino-alcohol motifs (C(OH)–C–C–N with tert-alkyl or cyclic N) is 1. The van der Waals surface area contributed by atoms with Crippen molar-refractivity contribution in [2.45, 2.75) is 12.1 Å². The van der Waals surface area contributed by atoms with Gasteiger partial charge in [0.1, 0.15) is 5.69 Å². The number of nitrogens with zero attached hydrogens (tertiary/aromatic N) is 3. The minimum Gasteiger partial charge on any atom is -0.390 e. The van der Waals surface area contributed by atoms with E-state index < -0.39 is 6.10 Å². The summed E-state index contributed by atoms with van der Waals surface area (Å²) in [7, 11) is 3.46. The molecule has 1 aliphatic heterocycles. The molecule has 2 N–H and O–H groups in total. The summed E-state index contributed by atoms with van der Waals surface area (Å²) < 4.78 is 1.59. The second-order valence-electron chi connectivity index (χ2n) is 4.08. The van der Waals surface area contributed by atoms with Crippen LogP contribution in [-0.4, -0.2) is 58.0 Å². The fourth-order valence-corrected chi connectivity index (χ4v) is 1.91. The van der Waals surface area contributed by atoms with Gasteiger partial charge < -0.3 is 15.3 Å². The number of hydrogen-bond acceptors (Lipinski definition) is 4. The van der Waals surface area contributed by atoms with E-state index in [2.05, 4.69) is 10.4 Å². The topological polar surface area (TPSA) is 70.4 Å². The molecular formula is C10H16N4O2. The molecule has 1 amide bonds. The second-order valence-corrected chi connectivity index (χ2v) is 4.08. The maximum absolute atomic E-state index is 12.0. The van der Waals surface area contributed by atoms with Gasteiger partial charge in [-0.15, -0.1) is 0 Å². The predicted molar refractivity (Wildman–Crippen MR) is 58.0 cm³/mol. The Morgan fingerprint density at radius 1 is 1.69 bits per heavy atom. The van der Waals surface area contributed by atoms with Crippen molar-refractivity contribution in [3.63, 3.8) is 0 Å². The molecule has 1 aliphatic rings. The number of aliphatic hydroxyl groups excluding tert-OH is 1. The molecule has 2 rings (SSSR count). The average Bonchev–Trinajstić information content (AvgIpc) is 2.85. The Bertz CT molecular complexity index is 390. The van der Waals surface area contributed by atoms with Crippen molar-refractivity contribution in [3.8, 4) is 0 Å². The van der Waals surface area contributed by atoms with Gasteiger partial charge >= 0.3 is 0 Å². The number of carbonyl (C=O) groups is 1. The number of aromatic nitrogens is 2. The summed E-state index contributed by atoms with van der Waals surface area (Å²) in [6.45, 7) is 1.15. The first-order valence-corrected chi connectivity index (χ1v) is 5.25. The zero-order valence-corrected chi connectivity index (χ0v) is 9.42. The maximum atomic E-state index is 12.0. The van der Waals surface area contributed by atoms with Crippen LogP contribution in [0, 0.1) is 0 Å². The van der Waals surface area contributed by atoms with Crippen molar-refractivity contribution in [2.75, 3.05) is 20.1 Å². The Morgan fingerprint density at radius 3 is 2.94 bits per heavy atom. The van der Waals surface area contributed by atoms with Gasteiger partial charge in [-0.05, 0) is 6.07 Å². The summed E-state index contributed by atoms with van der Waals surface area (Å²) in [5.41, 5.74) is 0.407. The Hall–Kier alpha value is -1.40. The highest BCUT2D eigenvalue weighted by Gasteiger charge is 2.32. The number of rotatable bonds is 2. The highest BCUT2D eigenvalue weighted by molar-refractivity contribution is 5.92. The summed E-state index contributed by atoms with van der Waals surface area (Å²) in [6.07, 6.45) is 1.22. The van der Waals surface area contributed by atoms with Crippen LogP contribution in [0.25, 0.3) is 0 Å². The minimum atomic E-state index is -0.502. The molecule has 1 fully saturated rings. The van der Waals surface area contributed by atoms with Crippen molar-refractivity contribution < 1.29 is 9.90 Å². The summed E-state index contributed by atoms with van der Waals surface area (Å²) in [6, 6.07) is 1.50. The Labute approximate surface area is 93.9 Å². The summed E-state index contributed by atoms with van der Waals surface area (Å²) in [5.74, 6) is -0.159. The first-order valence-electron chi connectivity index (χ1n) is 5.25. The zero-order valence-electron chi connectivity index (χ0n) is 9.42. The number of amides is 1. The van der Waals surface area contributed by atoms with Gasteiger partial charge in [-0.25, -0.2) is 0 Å². The lowest BCUT2D eigenvalue weighted by atomic mass is 10.2. The largest absolute Gasteiger partial charge is 0.390 e. The molecule has 0 aromatic carbocycles.